The molecule has 6 heteroatoms. The molecule has 2 aromatic rings. The van der Waals surface area contributed by atoms with Crippen LogP contribution in [0.3, 0.4) is 0 Å². The standard InChI is InChI=1S/C15H12N4O2/c20-14-13(9-12-7-4-8-21-12)17-15(18-14)19-16-10-11-5-2-1-3-6-11/h1-10H,(H2,17,18,19,20)/b13-9-,16-10+. The van der Waals surface area contributed by atoms with Crippen molar-refractivity contribution in [3.05, 3.63) is 65.7 Å². The van der Waals surface area contributed by atoms with Crippen LogP contribution in [0.1, 0.15) is 11.3 Å². The molecule has 3 rings (SSSR count). The molecule has 1 amide bonds. The molecule has 2 heterocycles. The molecular formula is C15H12N4O2. The third-order valence-electron chi connectivity index (χ3n) is 2.70. The maximum atomic E-state index is 11.7. The van der Waals surface area contributed by atoms with Crippen molar-refractivity contribution in [1.29, 1.82) is 0 Å². The molecule has 21 heavy (non-hydrogen) atoms. The van der Waals surface area contributed by atoms with Crippen molar-refractivity contribution in [1.82, 2.24) is 10.7 Å². The summed E-state index contributed by atoms with van der Waals surface area (Å²) in [6.07, 6.45) is 4.74. The summed E-state index contributed by atoms with van der Waals surface area (Å²) in [5.41, 5.74) is 3.90. The quantitative estimate of drug-likeness (QED) is 0.510. The van der Waals surface area contributed by atoms with Crippen molar-refractivity contribution in [3.8, 4) is 0 Å². The van der Waals surface area contributed by atoms with E-state index in [2.05, 4.69) is 20.8 Å². The van der Waals surface area contributed by atoms with Crippen molar-refractivity contribution in [2.24, 2.45) is 10.1 Å². The van der Waals surface area contributed by atoms with Crippen LogP contribution in [0, 0.1) is 0 Å². The number of guanidine groups is 1. The highest BCUT2D eigenvalue weighted by molar-refractivity contribution is 6.13. The van der Waals surface area contributed by atoms with Gasteiger partial charge in [-0.15, -0.1) is 0 Å². The molecule has 1 aliphatic heterocycles. The van der Waals surface area contributed by atoms with Gasteiger partial charge >= 0.3 is 0 Å². The van der Waals surface area contributed by atoms with Crippen molar-refractivity contribution in [2.45, 2.75) is 0 Å². The third kappa shape index (κ3) is 3.24. The number of hydrogen-bond acceptors (Lipinski definition) is 5. The van der Waals surface area contributed by atoms with Crippen molar-refractivity contribution >= 4 is 24.2 Å². The Kier molecular flexibility index (Phi) is 3.60. The molecule has 0 fully saturated rings. The molecule has 1 aliphatic rings. The zero-order valence-electron chi connectivity index (χ0n) is 11.0. The fourth-order valence-electron chi connectivity index (χ4n) is 1.74. The van der Waals surface area contributed by atoms with Crippen molar-refractivity contribution < 1.29 is 9.21 Å². The van der Waals surface area contributed by atoms with Crippen LogP contribution in [-0.2, 0) is 4.79 Å². The van der Waals surface area contributed by atoms with Crippen LogP contribution in [0.4, 0.5) is 0 Å². The highest BCUT2D eigenvalue weighted by atomic mass is 16.3. The van der Waals surface area contributed by atoms with Gasteiger partial charge < -0.3 is 4.42 Å². The Hall–Kier alpha value is -3.15. The summed E-state index contributed by atoms with van der Waals surface area (Å²) in [6.45, 7) is 0. The molecule has 0 radical (unpaired) electrons. The molecule has 6 nitrogen and oxygen atoms in total. The maximum absolute atomic E-state index is 11.7. The van der Waals surface area contributed by atoms with E-state index in [1.807, 2.05) is 30.3 Å². The van der Waals surface area contributed by atoms with Crippen molar-refractivity contribution in [2.75, 3.05) is 0 Å². The van der Waals surface area contributed by atoms with Gasteiger partial charge in [-0.3, -0.25) is 10.1 Å². The summed E-state index contributed by atoms with van der Waals surface area (Å²) >= 11 is 0. The predicted octanol–water partition coefficient (Wildman–Crippen LogP) is 1.73. The van der Waals surface area contributed by atoms with Crippen LogP contribution in [0.25, 0.3) is 6.08 Å². The Morgan fingerprint density at radius 3 is 2.81 bits per heavy atom. The fourth-order valence-corrected chi connectivity index (χ4v) is 1.74. The predicted molar refractivity (Wildman–Crippen MR) is 79.4 cm³/mol. The molecule has 0 saturated heterocycles. The second-order valence-electron chi connectivity index (χ2n) is 4.24. The Balaban J connectivity index is 1.67. The number of hydrazone groups is 1. The average Bonchev–Trinajstić information content (AvgIpc) is 3.11. The van der Waals surface area contributed by atoms with E-state index in [4.69, 9.17) is 4.42 Å². The smallest absolute Gasteiger partial charge is 0.276 e. The minimum absolute atomic E-state index is 0.266. The molecule has 0 saturated carbocycles. The minimum atomic E-state index is -0.302. The molecule has 0 bridgehead atoms. The van der Waals surface area contributed by atoms with Gasteiger partial charge in [0.05, 0.1) is 12.5 Å². The highest BCUT2D eigenvalue weighted by Crippen LogP contribution is 2.11. The number of aliphatic imine (C=N–C) groups is 1. The Bertz CT molecular complexity index is 715. The van der Waals surface area contributed by atoms with E-state index >= 15 is 0 Å². The van der Waals surface area contributed by atoms with Gasteiger partial charge in [0, 0.05) is 6.08 Å². The van der Waals surface area contributed by atoms with E-state index in [0.29, 0.717) is 5.76 Å². The first kappa shape index (κ1) is 12.9. The topological polar surface area (TPSA) is 79.0 Å². The van der Waals surface area contributed by atoms with Crippen LogP contribution in [-0.4, -0.2) is 18.1 Å². The normalized spacial score (nSPS) is 16.3. The molecule has 0 atom stereocenters. The molecule has 1 aromatic carbocycles. The first-order valence-corrected chi connectivity index (χ1v) is 6.31. The number of benzene rings is 1. The molecule has 0 aliphatic carbocycles. The lowest BCUT2D eigenvalue weighted by Gasteiger charge is -1.97. The summed E-state index contributed by atoms with van der Waals surface area (Å²) in [6, 6.07) is 13.1. The van der Waals surface area contributed by atoms with E-state index in [1.54, 1.807) is 24.4 Å². The third-order valence-corrected chi connectivity index (χ3v) is 2.70. The number of carbonyl (C=O) groups is 1. The number of hydrogen-bond donors (Lipinski definition) is 2. The number of nitrogens with zero attached hydrogens (tertiary/aromatic N) is 2. The van der Waals surface area contributed by atoms with Gasteiger partial charge in [-0.25, -0.2) is 10.4 Å². The van der Waals surface area contributed by atoms with Gasteiger partial charge in [-0.05, 0) is 17.7 Å². The van der Waals surface area contributed by atoms with Gasteiger partial charge in [0.25, 0.3) is 5.91 Å². The van der Waals surface area contributed by atoms with Crippen LogP contribution in [0.2, 0.25) is 0 Å². The lowest BCUT2D eigenvalue weighted by Crippen LogP contribution is -2.33. The first-order valence-electron chi connectivity index (χ1n) is 6.31. The maximum Gasteiger partial charge on any atom is 0.276 e. The highest BCUT2D eigenvalue weighted by Gasteiger charge is 2.19. The van der Waals surface area contributed by atoms with E-state index in [1.165, 1.54) is 6.26 Å². The Labute approximate surface area is 120 Å². The number of carbonyl (C=O) groups excluding carboxylic acids is 1. The van der Waals surface area contributed by atoms with Crippen LogP contribution in [0.15, 0.2) is 68.9 Å². The van der Waals surface area contributed by atoms with E-state index < -0.39 is 0 Å². The molecule has 104 valence electrons. The number of nitrogens with one attached hydrogen (secondary N) is 2. The summed E-state index contributed by atoms with van der Waals surface area (Å²) < 4.78 is 5.14. The van der Waals surface area contributed by atoms with Gasteiger partial charge in [0.15, 0.2) is 0 Å². The summed E-state index contributed by atoms with van der Waals surface area (Å²) in [5, 5.41) is 6.60. The summed E-state index contributed by atoms with van der Waals surface area (Å²) in [5.74, 6) is 0.548. The number of furan rings is 1. The lowest BCUT2D eigenvalue weighted by molar-refractivity contribution is -0.115. The Morgan fingerprint density at radius 1 is 1.19 bits per heavy atom. The van der Waals surface area contributed by atoms with Gasteiger partial charge in [0.1, 0.15) is 11.5 Å². The SMILES string of the molecule is O=C1NC(N/N=C/c2ccccc2)=N/C1=C\c1ccco1. The van der Waals surface area contributed by atoms with Crippen LogP contribution in [0.5, 0.6) is 0 Å². The largest absolute Gasteiger partial charge is 0.465 e. The van der Waals surface area contributed by atoms with Crippen LogP contribution >= 0.6 is 0 Å². The molecule has 0 unspecified atom stereocenters. The number of amides is 1. The molecule has 2 N–H and O–H groups in total. The van der Waals surface area contributed by atoms with E-state index in [-0.39, 0.29) is 17.6 Å². The summed E-state index contributed by atoms with van der Waals surface area (Å²) in [7, 11) is 0. The molecular weight excluding hydrogens is 268 g/mol. The molecule has 1 aromatic heterocycles. The lowest BCUT2D eigenvalue weighted by atomic mass is 10.2. The first-order chi connectivity index (χ1) is 10.3. The van der Waals surface area contributed by atoms with Crippen LogP contribution < -0.4 is 10.7 Å². The number of rotatable bonds is 3. The van der Waals surface area contributed by atoms with Gasteiger partial charge in [-0.1, -0.05) is 30.3 Å². The average molecular weight is 280 g/mol. The summed E-state index contributed by atoms with van der Waals surface area (Å²) in [4.78, 5) is 15.8. The Morgan fingerprint density at radius 2 is 2.05 bits per heavy atom. The van der Waals surface area contributed by atoms with Crippen molar-refractivity contribution in [3.63, 3.8) is 0 Å². The minimum Gasteiger partial charge on any atom is -0.465 e. The van der Waals surface area contributed by atoms with E-state index in [0.717, 1.165) is 5.56 Å². The second kappa shape index (κ2) is 5.87. The second-order valence-corrected chi connectivity index (χ2v) is 4.24. The monoisotopic (exact) mass is 280 g/mol. The molecule has 0 spiro atoms. The van der Waals surface area contributed by atoms with Gasteiger partial charge in [0.2, 0.25) is 5.96 Å². The zero-order chi connectivity index (χ0) is 14.5. The van der Waals surface area contributed by atoms with E-state index in [9.17, 15) is 4.79 Å². The fraction of sp³-hybridized carbons (Fsp3) is 0. The van der Waals surface area contributed by atoms with Gasteiger partial charge in [-0.2, -0.15) is 5.10 Å². The zero-order valence-corrected chi connectivity index (χ0v) is 11.0.